The lowest BCUT2D eigenvalue weighted by molar-refractivity contribution is 0.258. The van der Waals surface area contributed by atoms with Crippen molar-refractivity contribution >= 4 is 0 Å². The molecule has 0 unspecified atom stereocenters. The van der Waals surface area contributed by atoms with Crippen LogP contribution in [0.25, 0.3) is 0 Å². The molecule has 0 fully saturated rings. The maximum Gasteiger partial charge on any atom is 0.122 e. The molecule has 0 saturated carbocycles. The fourth-order valence-corrected chi connectivity index (χ4v) is 1.54. The van der Waals surface area contributed by atoms with E-state index in [0.29, 0.717) is 6.61 Å². The first-order valence-corrected chi connectivity index (χ1v) is 4.40. The fraction of sp³-hybridized carbons (Fsp3) is 0.400. The number of hydrogen-bond acceptors (Lipinski definition) is 3. The third kappa shape index (κ3) is 1.66. The topological polar surface area (TPSA) is 55.5 Å². The Morgan fingerprint density at radius 2 is 2.38 bits per heavy atom. The van der Waals surface area contributed by atoms with Gasteiger partial charge in [0.25, 0.3) is 0 Å². The number of aliphatic hydroxyl groups excluding tert-OH is 1. The van der Waals surface area contributed by atoms with Crippen molar-refractivity contribution in [1.82, 2.24) is 0 Å². The number of benzene rings is 1. The summed E-state index contributed by atoms with van der Waals surface area (Å²) in [6.45, 7) is 0.630. The van der Waals surface area contributed by atoms with Gasteiger partial charge in [-0.15, -0.1) is 0 Å². The second kappa shape index (κ2) is 3.36. The summed E-state index contributed by atoms with van der Waals surface area (Å²) in [6, 6.07) is 5.86. The van der Waals surface area contributed by atoms with E-state index in [1.165, 1.54) is 0 Å². The first-order chi connectivity index (χ1) is 6.29. The van der Waals surface area contributed by atoms with Gasteiger partial charge in [0.15, 0.2) is 0 Å². The molecule has 3 N–H and O–H groups in total. The summed E-state index contributed by atoms with van der Waals surface area (Å²) in [4.78, 5) is 0. The first kappa shape index (κ1) is 8.53. The van der Waals surface area contributed by atoms with Crippen LogP contribution < -0.4 is 10.5 Å². The lowest BCUT2D eigenvalue weighted by Gasteiger charge is -2.22. The number of hydrogen-bond donors (Lipinski definition) is 2. The Kier molecular flexibility index (Phi) is 2.20. The Morgan fingerprint density at radius 1 is 1.54 bits per heavy atom. The van der Waals surface area contributed by atoms with Crippen molar-refractivity contribution in [3.63, 3.8) is 0 Å². The average Bonchev–Trinajstić information content (AvgIpc) is 2.17. The fourth-order valence-electron chi connectivity index (χ4n) is 1.54. The van der Waals surface area contributed by atoms with E-state index in [2.05, 4.69) is 0 Å². The van der Waals surface area contributed by atoms with Gasteiger partial charge in [0, 0.05) is 6.04 Å². The van der Waals surface area contributed by atoms with Crippen molar-refractivity contribution in [1.29, 1.82) is 0 Å². The minimum Gasteiger partial charge on any atom is -0.492 e. The zero-order chi connectivity index (χ0) is 9.26. The van der Waals surface area contributed by atoms with E-state index in [-0.39, 0.29) is 12.6 Å². The Balaban J connectivity index is 2.31. The SMILES string of the molecule is N[C@@H]1COc2cc(CO)ccc2C1. The van der Waals surface area contributed by atoms with Crippen LogP contribution in [0.1, 0.15) is 11.1 Å². The molecule has 1 aliphatic rings. The van der Waals surface area contributed by atoms with Crippen LogP contribution in [-0.4, -0.2) is 17.8 Å². The predicted octanol–water partition coefficient (Wildman–Crippen LogP) is 0.441. The van der Waals surface area contributed by atoms with Gasteiger partial charge in [0.1, 0.15) is 12.4 Å². The van der Waals surface area contributed by atoms with Crippen molar-refractivity contribution in [2.45, 2.75) is 19.1 Å². The van der Waals surface area contributed by atoms with Crippen LogP contribution in [0.4, 0.5) is 0 Å². The molecule has 13 heavy (non-hydrogen) atoms. The Labute approximate surface area is 77.1 Å². The predicted molar refractivity (Wildman–Crippen MR) is 49.5 cm³/mol. The highest BCUT2D eigenvalue weighted by atomic mass is 16.5. The maximum absolute atomic E-state index is 8.91. The quantitative estimate of drug-likeness (QED) is 0.657. The molecule has 1 atom stereocenters. The number of ether oxygens (including phenoxy) is 1. The maximum atomic E-state index is 8.91. The van der Waals surface area contributed by atoms with Gasteiger partial charge in [-0.1, -0.05) is 12.1 Å². The first-order valence-electron chi connectivity index (χ1n) is 4.40. The molecule has 1 heterocycles. The molecule has 0 bridgehead atoms. The molecule has 0 radical (unpaired) electrons. The van der Waals surface area contributed by atoms with Gasteiger partial charge < -0.3 is 15.6 Å². The Hall–Kier alpha value is -1.06. The zero-order valence-electron chi connectivity index (χ0n) is 7.36. The van der Waals surface area contributed by atoms with Crippen LogP contribution in [0.15, 0.2) is 18.2 Å². The number of rotatable bonds is 1. The molecule has 0 spiro atoms. The molecule has 0 saturated heterocycles. The molecular formula is C10H13NO2. The average molecular weight is 179 g/mol. The highest BCUT2D eigenvalue weighted by Crippen LogP contribution is 2.25. The number of nitrogens with two attached hydrogens (primary N) is 1. The summed E-state index contributed by atoms with van der Waals surface area (Å²) < 4.78 is 5.44. The van der Waals surface area contributed by atoms with E-state index >= 15 is 0 Å². The van der Waals surface area contributed by atoms with Crippen molar-refractivity contribution in [3.8, 4) is 5.75 Å². The van der Waals surface area contributed by atoms with E-state index in [9.17, 15) is 0 Å². The molecule has 1 aromatic rings. The number of aliphatic hydroxyl groups is 1. The van der Waals surface area contributed by atoms with Crippen LogP contribution in [0.3, 0.4) is 0 Å². The van der Waals surface area contributed by atoms with Crippen LogP contribution in [0.5, 0.6) is 5.75 Å². The molecular weight excluding hydrogens is 166 g/mol. The molecule has 0 amide bonds. The van der Waals surface area contributed by atoms with E-state index in [1.807, 2.05) is 18.2 Å². The molecule has 1 aliphatic heterocycles. The highest BCUT2D eigenvalue weighted by molar-refractivity contribution is 5.39. The van der Waals surface area contributed by atoms with Crippen LogP contribution in [-0.2, 0) is 13.0 Å². The van der Waals surface area contributed by atoms with E-state index in [4.69, 9.17) is 15.6 Å². The lowest BCUT2D eigenvalue weighted by atomic mass is 10.0. The van der Waals surface area contributed by atoms with Gasteiger partial charge in [0.05, 0.1) is 6.61 Å². The summed E-state index contributed by atoms with van der Waals surface area (Å²) in [5.74, 6) is 0.869. The molecule has 1 aromatic carbocycles. The van der Waals surface area contributed by atoms with Gasteiger partial charge in [-0.05, 0) is 23.6 Å². The smallest absolute Gasteiger partial charge is 0.122 e. The summed E-state index contributed by atoms with van der Waals surface area (Å²) in [6.07, 6.45) is 0.862. The third-order valence-corrected chi connectivity index (χ3v) is 2.25. The minimum absolute atomic E-state index is 0.0582. The van der Waals surface area contributed by atoms with Gasteiger partial charge in [0.2, 0.25) is 0 Å². The van der Waals surface area contributed by atoms with Crippen molar-refractivity contribution in [3.05, 3.63) is 29.3 Å². The normalized spacial score (nSPS) is 20.6. The standard InChI is InChI=1S/C10H13NO2/c11-9-4-8-2-1-7(5-12)3-10(8)13-6-9/h1-3,9,12H,4-6,11H2/t9-/m0/s1. The van der Waals surface area contributed by atoms with Gasteiger partial charge >= 0.3 is 0 Å². The zero-order valence-corrected chi connectivity index (χ0v) is 7.36. The van der Waals surface area contributed by atoms with Crippen molar-refractivity contribution < 1.29 is 9.84 Å². The summed E-state index contributed by atoms with van der Waals surface area (Å²) in [5.41, 5.74) is 7.76. The monoisotopic (exact) mass is 179 g/mol. The minimum atomic E-state index is 0.0582. The van der Waals surface area contributed by atoms with Gasteiger partial charge in [-0.25, -0.2) is 0 Å². The molecule has 0 aliphatic carbocycles. The van der Waals surface area contributed by atoms with Crippen LogP contribution >= 0.6 is 0 Å². The molecule has 2 rings (SSSR count). The second-order valence-electron chi connectivity index (χ2n) is 3.38. The van der Waals surface area contributed by atoms with Crippen LogP contribution in [0, 0.1) is 0 Å². The second-order valence-corrected chi connectivity index (χ2v) is 3.38. The lowest BCUT2D eigenvalue weighted by Crippen LogP contribution is -2.33. The van der Waals surface area contributed by atoms with E-state index in [1.54, 1.807) is 0 Å². The summed E-state index contributed by atoms with van der Waals surface area (Å²) in [7, 11) is 0. The van der Waals surface area contributed by atoms with E-state index < -0.39 is 0 Å². The molecule has 3 nitrogen and oxygen atoms in total. The third-order valence-electron chi connectivity index (χ3n) is 2.25. The largest absolute Gasteiger partial charge is 0.492 e. The van der Waals surface area contributed by atoms with Crippen molar-refractivity contribution in [2.75, 3.05) is 6.61 Å². The van der Waals surface area contributed by atoms with Crippen LogP contribution in [0.2, 0.25) is 0 Å². The molecule has 0 aromatic heterocycles. The summed E-state index contributed by atoms with van der Waals surface area (Å²) in [5, 5.41) is 8.91. The van der Waals surface area contributed by atoms with Crippen molar-refractivity contribution in [2.24, 2.45) is 5.73 Å². The molecule has 3 heteroatoms. The van der Waals surface area contributed by atoms with Gasteiger partial charge in [-0.3, -0.25) is 0 Å². The van der Waals surface area contributed by atoms with E-state index in [0.717, 1.165) is 23.3 Å². The summed E-state index contributed by atoms with van der Waals surface area (Å²) >= 11 is 0. The molecule has 70 valence electrons. The van der Waals surface area contributed by atoms with Gasteiger partial charge in [-0.2, -0.15) is 0 Å². The Bertz CT molecular complexity index is 312. The Morgan fingerprint density at radius 3 is 3.15 bits per heavy atom. The number of fused-ring (bicyclic) bond motifs is 1. The highest BCUT2D eigenvalue weighted by Gasteiger charge is 2.16.